The zero-order chi connectivity index (χ0) is 11.7. The van der Waals surface area contributed by atoms with Gasteiger partial charge < -0.3 is 0 Å². The monoisotopic (exact) mass is 257 g/mol. The van der Waals surface area contributed by atoms with E-state index in [-0.39, 0.29) is 0 Å². The first-order chi connectivity index (χ1) is 8.40. The maximum absolute atomic E-state index is 8.88. The third-order valence-electron chi connectivity index (χ3n) is 2.41. The Kier molecular flexibility index (Phi) is 2.59. The van der Waals surface area contributed by atoms with Crippen molar-refractivity contribution in [2.75, 3.05) is 0 Å². The molecular formula is C12H7N3S2. The van der Waals surface area contributed by atoms with Gasteiger partial charge in [-0.2, -0.15) is 5.26 Å². The normalized spacial score (nSPS) is 10.5. The Hall–Kier alpha value is -1.77. The molecule has 0 N–H and O–H groups in total. The fourth-order valence-corrected chi connectivity index (χ4v) is 3.05. The Morgan fingerprint density at radius 2 is 2.12 bits per heavy atom. The predicted octanol–water partition coefficient (Wildman–Crippen LogP) is 3.64. The van der Waals surface area contributed by atoms with Gasteiger partial charge in [-0.25, -0.2) is 4.98 Å². The molecule has 0 aliphatic heterocycles. The number of thiazole rings is 1. The summed E-state index contributed by atoms with van der Waals surface area (Å²) in [5, 5.41) is 13.9. The van der Waals surface area contributed by atoms with E-state index in [2.05, 4.69) is 10.4 Å². The summed E-state index contributed by atoms with van der Waals surface area (Å²) in [6.07, 6.45) is 1.94. The van der Waals surface area contributed by atoms with E-state index >= 15 is 0 Å². The summed E-state index contributed by atoms with van der Waals surface area (Å²) >= 11 is 2.72. The fraction of sp³-hybridized carbons (Fsp3) is 0. The van der Waals surface area contributed by atoms with Gasteiger partial charge in [-0.1, -0.05) is 30.3 Å². The first-order valence-corrected chi connectivity index (χ1v) is 6.66. The SMILES string of the molecule is N#CSc1c(-c2ccccc2)nc2sccn12. The number of aromatic nitrogens is 2. The molecule has 0 saturated heterocycles. The molecule has 0 atom stereocenters. The number of thiocyanates is 1. The van der Waals surface area contributed by atoms with Crippen molar-refractivity contribution in [3.63, 3.8) is 0 Å². The van der Waals surface area contributed by atoms with Gasteiger partial charge >= 0.3 is 0 Å². The standard InChI is InChI=1S/C12H7N3S2/c13-8-17-11-10(9-4-2-1-3-5-9)14-12-15(11)6-7-16-12/h1-7H. The number of hydrogen-bond donors (Lipinski definition) is 0. The number of fused-ring (bicyclic) bond motifs is 1. The molecule has 0 aliphatic rings. The Morgan fingerprint density at radius 1 is 1.29 bits per heavy atom. The van der Waals surface area contributed by atoms with Crippen LogP contribution in [0.5, 0.6) is 0 Å². The van der Waals surface area contributed by atoms with Crippen molar-refractivity contribution in [3.05, 3.63) is 41.9 Å². The molecule has 2 aromatic heterocycles. The molecule has 82 valence electrons. The Bertz CT molecular complexity index is 691. The zero-order valence-corrected chi connectivity index (χ0v) is 10.3. The second kappa shape index (κ2) is 4.24. The molecule has 0 fully saturated rings. The van der Waals surface area contributed by atoms with Crippen LogP contribution in [0.15, 0.2) is 46.9 Å². The summed E-state index contributed by atoms with van der Waals surface area (Å²) in [5.74, 6) is 0. The quantitative estimate of drug-likeness (QED) is 0.520. The van der Waals surface area contributed by atoms with Gasteiger partial charge in [0.2, 0.25) is 0 Å². The Labute approximate surface area is 106 Å². The van der Waals surface area contributed by atoms with E-state index in [1.54, 1.807) is 11.3 Å². The molecule has 0 radical (unpaired) electrons. The lowest BCUT2D eigenvalue weighted by molar-refractivity contribution is 1.08. The molecule has 0 unspecified atom stereocenters. The van der Waals surface area contributed by atoms with Crippen LogP contribution in [0.2, 0.25) is 0 Å². The third kappa shape index (κ3) is 1.71. The minimum absolute atomic E-state index is 0.879. The van der Waals surface area contributed by atoms with Crippen LogP contribution in [0.1, 0.15) is 0 Å². The summed E-state index contributed by atoms with van der Waals surface area (Å²) in [6.45, 7) is 0. The van der Waals surface area contributed by atoms with Gasteiger partial charge in [0, 0.05) is 28.9 Å². The Balaban J connectivity index is 2.25. The van der Waals surface area contributed by atoms with Crippen molar-refractivity contribution in [1.82, 2.24) is 9.38 Å². The van der Waals surface area contributed by atoms with E-state index in [1.807, 2.05) is 46.3 Å². The molecule has 1 aromatic carbocycles. The number of rotatable bonds is 2. The van der Waals surface area contributed by atoms with Crippen molar-refractivity contribution in [3.8, 4) is 16.7 Å². The maximum Gasteiger partial charge on any atom is 0.195 e. The number of nitriles is 1. The van der Waals surface area contributed by atoms with Gasteiger partial charge in [-0.15, -0.1) is 11.3 Å². The van der Waals surface area contributed by atoms with Crippen LogP contribution in [0.25, 0.3) is 16.2 Å². The van der Waals surface area contributed by atoms with Crippen LogP contribution in [-0.4, -0.2) is 9.38 Å². The summed E-state index contributed by atoms with van der Waals surface area (Å²) in [6, 6.07) is 9.94. The highest BCUT2D eigenvalue weighted by Crippen LogP contribution is 2.32. The lowest BCUT2D eigenvalue weighted by Gasteiger charge is -1.98. The summed E-state index contributed by atoms with van der Waals surface area (Å²) in [7, 11) is 0. The topological polar surface area (TPSA) is 41.1 Å². The molecule has 5 heteroatoms. The molecule has 0 amide bonds. The van der Waals surface area contributed by atoms with E-state index in [0.717, 1.165) is 33.0 Å². The van der Waals surface area contributed by atoms with Crippen LogP contribution >= 0.6 is 23.1 Å². The number of hydrogen-bond acceptors (Lipinski definition) is 4. The average molecular weight is 257 g/mol. The van der Waals surface area contributed by atoms with Crippen LogP contribution in [-0.2, 0) is 0 Å². The van der Waals surface area contributed by atoms with E-state index in [9.17, 15) is 0 Å². The smallest absolute Gasteiger partial charge is 0.195 e. The van der Waals surface area contributed by atoms with E-state index < -0.39 is 0 Å². The van der Waals surface area contributed by atoms with Crippen LogP contribution in [0.4, 0.5) is 0 Å². The minimum atomic E-state index is 0.879. The van der Waals surface area contributed by atoms with Crippen molar-refractivity contribution in [1.29, 1.82) is 5.26 Å². The molecular weight excluding hydrogens is 250 g/mol. The number of nitrogens with zero attached hydrogens (tertiary/aromatic N) is 3. The predicted molar refractivity (Wildman–Crippen MR) is 70.0 cm³/mol. The molecule has 17 heavy (non-hydrogen) atoms. The zero-order valence-electron chi connectivity index (χ0n) is 8.70. The van der Waals surface area contributed by atoms with Gasteiger partial charge in [-0.3, -0.25) is 4.40 Å². The minimum Gasteiger partial charge on any atom is -0.284 e. The second-order valence-corrected chi connectivity index (χ2v) is 5.03. The molecule has 2 heterocycles. The molecule has 0 spiro atoms. The number of imidazole rings is 1. The fourth-order valence-electron chi connectivity index (χ4n) is 1.69. The van der Waals surface area contributed by atoms with Crippen LogP contribution in [0, 0.1) is 10.7 Å². The molecule has 3 nitrogen and oxygen atoms in total. The van der Waals surface area contributed by atoms with Crippen molar-refractivity contribution < 1.29 is 0 Å². The number of benzene rings is 1. The van der Waals surface area contributed by atoms with Crippen LogP contribution in [0.3, 0.4) is 0 Å². The lowest BCUT2D eigenvalue weighted by atomic mass is 10.2. The number of thioether (sulfide) groups is 1. The molecule has 0 saturated carbocycles. The van der Waals surface area contributed by atoms with Crippen molar-refractivity contribution >= 4 is 28.1 Å². The highest BCUT2D eigenvalue weighted by molar-refractivity contribution is 8.03. The molecule has 0 bridgehead atoms. The second-order valence-electron chi connectivity index (χ2n) is 3.38. The van der Waals surface area contributed by atoms with Crippen molar-refractivity contribution in [2.45, 2.75) is 5.03 Å². The van der Waals surface area contributed by atoms with Gasteiger partial charge in [0.15, 0.2) is 4.96 Å². The van der Waals surface area contributed by atoms with Crippen molar-refractivity contribution in [2.24, 2.45) is 0 Å². The highest BCUT2D eigenvalue weighted by atomic mass is 32.2. The largest absolute Gasteiger partial charge is 0.284 e. The molecule has 3 rings (SSSR count). The van der Waals surface area contributed by atoms with Gasteiger partial charge in [0.1, 0.15) is 16.1 Å². The summed E-state index contributed by atoms with van der Waals surface area (Å²) < 4.78 is 1.96. The van der Waals surface area contributed by atoms with E-state index in [0.29, 0.717) is 0 Å². The first-order valence-electron chi connectivity index (χ1n) is 4.97. The summed E-state index contributed by atoms with van der Waals surface area (Å²) in [5.41, 5.74) is 1.92. The van der Waals surface area contributed by atoms with E-state index in [4.69, 9.17) is 5.26 Å². The average Bonchev–Trinajstić information content (AvgIpc) is 2.93. The maximum atomic E-state index is 8.88. The van der Waals surface area contributed by atoms with Gasteiger partial charge in [0.05, 0.1) is 0 Å². The van der Waals surface area contributed by atoms with Crippen LogP contribution < -0.4 is 0 Å². The van der Waals surface area contributed by atoms with Gasteiger partial charge in [-0.05, 0) is 0 Å². The van der Waals surface area contributed by atoms with E-state index in [1.165, 1.54) is 0 Å². The van der Waals surface area contributed by atoms with Gasteiger partial charge in [0.25, 0.3) is 0 Å². The first kappa shape index (κ1) is 10.4. The molecule has 0 aliphatic carbocycles. The third-order valence-corrected chi connectivity index (χ3v) is 3.84. The molecule has 3 aromatic rings. The summed E-state index contributed by atoms with van der Waals surface area (Å²) in [4.78, 5) is 5.49. The highest BCUT2D eigenvalue weighted by Gasteiger charge is 2.14. The lowest BCUT2D eigenvalue weighted by Crippen LogP contribution is -1.82. The Morgan fingerprint density at radius 3 is 2.88 bits per heavy atom.